The lowest BCUT2D eigenvalue weighted by Crippen LogP contribution is -2.30. The first kappa shape index (κ1) is 13.2. The van der Waals surface area contributed by atoms with Crippen molar-refractivity contribution in [3.8, 4) is 11.8 Å². The molecule has 1 saturated heterocycles. The molecule has 1 N–H and O–H groups in total. The molecule has 0 aromatic heterocycles. The first-order valence-electron chi connectivity index (χ1n) is 6.33. The molecular weight excluding hydrogens is 248 g/mol. The molecule has 1 heterocycles. The number of halogens is 1. The van der Waals surface area contributed by atoms with Crippen LogP contribution in [-0.4, -0.2) is 19.7 Å². The maximum absolute atomic E-state index is 8.99. The lowest BCUT2D eigenvalue weighted by atomic mass is 9.97. The van der Waals surface area contributed by atoms with Crippen LogP contribution >= 0.6 is 11.6 Å². The molecule has 0 spiro atoms. The molecule has 3 nitrogen and oxygen atoms in total. The summed E-state index contributed by atoms with van der Waals surface area (Å²) in [7, 11) is 0. The number of nitrogens with zero attached hydrogens (tertiary/aromatic N) is 1. The maximum Gasteiger partial charge on any atom is 0.137 e. The Hall–Kier alpha value is -1.24. The molecule has 0 amide bonds. The molecule has 1 unspecified atom stereocenters. The molecule has 2 rings (SSSR count). The molecule has 1 fully saturated rings. The number of benzene rings is 1. The van der Waals surface area contributed by atoms with E-state index in [0.717, 1.165) is 19.5 Å². The second-order valence-corrected chi connectivity index (χ2v) is 5.04. The van der Waals surface area contributed by atoms with E-state index in [1.807, 2.05) is 0 Å². The zero-order valence-corrected chi connectivity index (χ0v) is 11.0. The van der Waals surface area contributed by atoms with Gasteiger partial charge in [0.05, 0.1) is 12.2 Å². The van der Waals surface area contributed by atoms with Gasteiger partial charge in [0.25, 0.3) is 0 Å². The summed E-state index contributed by atoms with van der Waals surface area (Å²) >= 11 is 5.84. The van der Waals surface area contributed by atoms with Gasteiger partial charge in [0.2, 0.25) is 0 Å². The van der Waals surface area contributed by atoms with Crippen LogP contribution < -0.4 is 10.1 Å². The van der Waals surface area contributed by atoms with Gasteiger partial charge in [0.1, 0.15) is 11.8 Å². The van der Waals surface area contributed by atoms with Crippen molar-refractivity contribution in [3.05, 3.63) is 28.8 Å². The van der Waals surface area contributed by atoms with Gasteiger partial charge in [-0.1, -0.05) is 11.6 Å². The third-order valence-electron chi connectivity index (χ3n) is 3.24. The highest BCUT2D eigenvalue weighted by atomic mass is 35.5. The number of hydrogen-bond acceptors (Lipinski definition) is 3. The highest BCUT2D eigenvalue weighted by Gasteiger charge is 2.13. The van der Waals surface area contributed by atoms with Gasteiger partial charge in [-0.2, -0.15) is 5.26 Å². The van der Waals surface area contributed by atoms with Crippen LogP contribution in [0.15, 0.2) is 18.2 Å². The van der Waals surface area contributed by atoms with Crippen molar-refractivity contribution in [1.82, 2.24) is 5.32 Å². The van der Waals surface area contributed by atoms with Gasteiger partial charge in [0, 0.05) is 5.02 Å². The first-order valence-corrected chi connectivity index (χ1v) is 6.70. The van der Waals surface area contributed by atoms with E-state index in [9.17, 15) is 0 Å². The van der Waals surface area contributed by atoms with Crippen LogP contribution in [0, 0.1) is 17.2 Å². The van der Waals surface area contributed by atoms with E-state index in [-0.39, 0.29) is 0 Å². The van der Waals surface area contributed by atoms with E-state index >= 15 is 0 Å². The minimum atomic E-state index is 0.504. The standard InChI is InChI=1S/C14H17ClN2O/c15-13-3-4-14(12(8-13)9-16)18-7-5-11-2-1-6-17-10-11/h3-4,8,11,17H,1-2,5-7,10H2. The Kier molecular flexibility index (Phi) is 4.86. The van der Waals surface area contributed by atoms with Crippen molar-refractivity contribution in [2.45, 2.75) is 19.3 Å². The van der Waals surface area contributed by atoms with E-state index in [2.05, 4.69) is 11.4 Å². The number of nitriles is 1. The summed E-state index contributed by atoms with van der Waals surface area (Å²) in [5, 5.41) is 12.9. The van der Waals surface area contributed by atoms with Gasteiger partial charge in [-0.3, -0.25) is 0 Å². The van der Waals surface area contributed by atoms with E-state index in [4.69, 9.17) is 21.6 Å². The van der Waals surface area contributed by atoms with Crippen LogP contribution in [0.25, 0.3) is 0 Å². The van der Waals surface area contributed by atoms with E-state index in [0.29, 0.717) is 28.9 Å². The van der Waals surface area contributed by atoms with Crippen molar-refractivity contribution < 1.29 is 4.74 Å². The minimum absolute atomic E-state index is 0.504. The summed E-state index contributed by atoms with van der Waals surface area (Å²) in [6.45, 7) is 2.87. The van der Waals surface area contributed by atoms with Gasteiger partial charge in [-0.05, 0) is 56.5 Å². The molecule has 18 heavy (non-hydrogen) atoms. The second kappa shape index (κ2) is 6.63. The van der Waals surface area contributed by atoms with Gasteiger partial charge in [-0.15, -0.1) is 0 Å². The topological polar surface area (TPSA) is 45.0 Å². The number of ether oxygens (including phenoxy) is 1. The lowest BCUT2D eigenvalue weighted by molar-refractivity contribution is 0.253. The third kappa shape index (κ3) is 3.63. The van der Waals surface area contributed by atoms with Gasteiger partial charge in [-0.25, -0.2) is 0 Å². The predicted octanol–water partition coefficient (Wildman–Crippen LogP) is 2.98. The molecule has 1 aromatic rings. The quantitative estimate of drug-likeness (QED) is 0.909. The SMILES string of the molecule is N#Cc1cc(Cl)ccc1OCCC1CCCNC1. The number of rotatable bonds is 4. The van der Waals surface area contributed by atoms with Crippen LogP contribution in [0.4, 0.5) is 0 Å². The molecule has 4 heteroatoms. The fraction of sp³-hybridized carbons (Fsp3) is 0.500. The van der Waals surface area contributed by atoms with Crippen molar-refractivity contribution in [2.24, 2.45) is 5.92 Å². The van der Waals surface area contributed by atoms with Crippen LogP contribution in [0.1, 0.15) is 24.8 Å². The van der Waals surface area contributed by atoms with Crippen molar-refractivity contribution >= 4 is 11.6 Å². The van der Waals surface area contributed by atoms with Crippen LogP contribution in [-0.2, 0) is 0 Å². The molecule has 1 atom stereocenters. The Balaban J connectivity index is 1.84. The van der Waals surface area contributed by atoms with Crippen molar-refractivity contribution in [2.75, 3.05) is 19.7 Å². The Morgan fingerprint density at radius 3 is 3.11 bits per heavy atom. The van der Waals surface area contributed by atoms with Gasteiger partial charge >= 0.3 is 0 Å². The third-order valence-corrected chi connectivity index (χ3v) is 3.48. The van der Waals surface area contributed by atoms with Crippen molar-refractivity contribution in [3.63, 3.8) is 0 Å². The summed E-state index contributed by atoms with van der Waals surface area (Å²) in [4.78, 5) is 0. The maximum atomic E-state index is 8.99. The summed E-state index contributed by atoms with van der Waals surface area (Å²) in [6, 6.07) is 7.25. The summed E-state index contributed by atoms with van der Waals surface area (Å²) in [5.41, 5.74) is 0.504. The van der Waals surface area contributed by atoms with Crippen LogP contribution in [0.3, 0.4) is 0 Å². The van der Waals surface area contributed by atoms with Gasteiger partial charge in [0.15, 0.2) is 0 Å². The fourth-order valence-corrected chi connectivity index (χ4v) is 2.39. The molecular formula is C14H17ClN2O. The monoisotopic (exact) mass is 264 g/mol. The molecule has 0 bridgehead atoms. The molecule has 1 aromatic carbocycles. The highest BCUT2D eigenvalue weighted by Crippen LogP contribution is 2.23. The molecule has 96 valence electrons. The molecule has 0 saturated carbocycles. The molecule has 0 radical (unpaired) electrons. The van der Waals surface area contributed by atoms with E-state index in [1.165, 1.54) is 12.8 Å². The van der Waals surface area contributed by atoms with Crippen LogP contribution in [0.2, 0.25) is 5.02 Å². The highest BCUT2D eigenvalue weighted by molar-refractivity contribution is 6.30. The van der Waals surface area contributed by atoms with E-state index < -0.39 is 0 Å². The Morgan fingerprint density at radius 1 is 1.50 bits per heavy atom. The fourth-order valence-electron chi connectivity index (χ4n) is 2.22. The summed E-state index contributed by atoms with van der Waals surface area (Å²) in [6.07, 6.45) is 3.54. The first-order chi connectivity index (χ1) is 8.79. The predicted molar refractivity (Wildman–Crippen MR) is 71.9 cm³/mol. The largest absolute Gasteiger partial charge is 0.492 e. The van der Waals surface area contributed by atoms with E-state index in [1.54, 1.807) is 18.2 Å². The smallest absolute Gasteiger partial charge is 0.137 e. The second-order valence-electron chi connectivity index (χ2n) is 4.60. The zero-order chi connectivity index (χ0) is 12.8. The number of nitrogens with one attached hydrogen (secondary N) is 1. The minimum Gasteiger partial charge on any atom is -0.492 e. The molecule has 1 aliphatic heterocycles. The molecule has 0 aliphatic carbocycles. The molecule has 1 aliphatic rings. The number of piperidine rings is 1. The van der Waals surface area contributed by atoms with Crippen molar-refractivity contribution in [1.29, 1.82) is 5.26 Å². The Morgan fingerprint density at radius 2 is 2.39 bits per heavy atom. The summed E-state index contributed by atoms with van der Waals surface area (Å²) < 4.78 is 5.68. The summed E-state index contributed by atoms with van der Waals surface area (Å²) in [5.74, 6) is 1.32. The van der Waals surface area contributed by atoms with Crippen LogP contribution in [0.5, 0.6) is 5.75 Å². The zero-order valence-electron chi connectivity index (χ0n) is 10.3. The number of hydrogen-bond donors (Lipinski definition) is 1. The normalized spacial score (nSPS) is 19.2. The van der Waals surface area contributed by atoms with Gasteiger partial charge < -0.3 is 10.1 Å². The average Bonchev–Trinajstić information content (AvgIpc) is 2.41. The average molecular weight is 265 g/mol. The Labute approximate surface area is 113 Å². The Bertz CT molecular complexity index is 436. The lowest BCUT2D eigenvalue weighted by Gasteiger charge is -2.22.